The van der Waals surface area contributed by atoms with E-state index >= 15 is 0 Å². The third kappa shape index (κ3) is 4.36. The Hall–Kier alpha value is -3.44. The molecule has 1 heterocycles. The van der Waals surface area contributed by atoms with Crippen LogP contribution in [0.15, 0.2) is 83.5 Å². The zero-order chi connectivity index (χ0) is 20.2. The van der Waals surface area contributed by atoms with Gasteiger partial charge in [0.2, 0.25) is 5.90 Å². The van der Waals surface area contributed by atoms with Gasteiger partial charge in [0.15, 0.2) is 5.70 Å². The van der Waals surface area contributed by atoms with Crippen molar-refractivity contribution >= 4 is 29.5 Å². The fourth-order valence-electron chi connectivity index (χ4n) is 2.77. The molecule has 144 valence electrons. The number of esters is 1. The number of benzene rings is 3. The maximum atomic E-state index is 13.1. The van der Waals surface area contributed by atoms with E-state index in [0.29, 0.717) is 21.9 Å². The Bertz CT molecular complexity index is 1120. The number of carbonyl (C=O) groups is 1. The van der Waals surface area contributed by atoms with Crippen molar-refractivity contribution in [1.29, 1.82) is 0 Å². The van der Waals surface area contributed by atoms with Crippen LogP contribution in [0.5, 0.6) is 5.75 Å². The fourth-order valence-corrected chi connectivity index (χ4v) is 2.96. The first kappa shape index (κ1) is 18.9. The largest absolute Gasteiger partial charge is 0.488 e. The van der Waals surface area contributed by atoms with Gasteiger partial charge in [-0.15, -0.1) is 0 Å². The van der Waals surface area contributed by atoms with Gasteiger partial charge in [0.25, 0.3) is 0 Å². The minimum Gasteiger partial charge on any atom is -0.488 e. The number of para-hydroxylation sites is 1. The van der Waals surface area contributed by atoms with E-state index in [0.717, 1.165) is 5.56 Å². The smallest absolute Gasteiger partial charge is 0.363 e. The van der Waals surface area contributed by atoms with Crippen molar-refractivity contribution in [3.63, 3.8) is 0 Å². The van der Waals surface area contributed by atoms with E-state index in [1.807, 2.05) is 36.4 Å². The van der Waals surface area contributed by atoms with Gasteiger partial charge in [-0.2, -0.15) is 0 Å². The lowest BCUT2D eigenvalue weighted by molar-refractivity contribution is -0.129. The molecule has 0 fully saturated rings. The van der Waals surface area contributed by atoms with Crippen molar-refractivity contribution in [2.75, 3.05) is 0 Å². The van der Waals surface area contributed by atoms with Crippen LogP contribution in [0.3, 0.4) is 0 Å². The zero-order valence-corrected chi connectivity index (χ0v) is 15.9. The number of aliphatic imine (C=N–C) groups is 1. The van der Waals surface area contributed by atoms with Crippen LogP contribution in [-0.2, 0) is 16.1 Å². The number of hydrogen-bond acceptors (Lipinski definition) is 4. The van der Waals surface area contributed by atoms with E-state index in [2.05, 4.69) is 4.99 Å². The SMILES string of the molecule is O=C1OC(c2ccc(F)cc2)=N/C1=C\c1ccccc1OCc1ccccc1Cl. The highest BCUT2D eigenvalue weighted by Gasteiger charge is 2.24. The summed E-state index contributed by atoms with van der Waals surface area (Å²) in [7, 11) is 0. The Kier molecular flexibility index (Phi) is 5.40. The first-order chi connectivity index (χ1) is 14.1. The van der Waals surface area contributed by atoms with E-state index in [4.69, 9.17) is 21.1 Å². The molecule has 0 aromatic heterocycles. The molecule has 0 aliphatic carbocycles. The van der Waals surface area contributed by atoms with Gasteiger partial charge < -0.3 is 9.47 Å². The molecule has 0 amide bonds. The molecule has 0 saturated heterocycles. The second kappa shape index (κ2) is 8.29. The summed E-state index contributed by atoms with van der Waals surface area (Å²) in [5.74, 6) is -0.238. The zero-order valence-electron chi connectivity index (χ0n) is 15.1. The monoisotopic (exact) mass is 407 g/mol. The molecule has 0 bridgehead atoms. The van der Waals surface area contributed by atoms with Crippen LogP contribution >= 0.6 is 11.6 Å². The van der Waals surface area contributed by atoms with Gasteiger partial charge in [-0.1, -0.05) is 48.0 Å². The maximum Gasteiger partial charge on any atom is 0.363 e. The van der Waals surface area contributed by atoms with Crippen LogP contribution in [0.2, 0.25) is 5.02 Å². The summed E-state index contributed by atoms with van der Waals surface area (Å²) >= 11 is 6.18. The van der Waals surface area contributed by atoms with Gasteiger partial charge >= 0.3 is 5.97 Å². The molecule has 29 heavy (non-hydrogen) atoms. The normalized spacial score (nSPS) is 14.6. The standard InChI is InChI=1S/C23H15ClFNO3/c24-19-7-3-1-6-17(19)14-28-21-8-4-2-5-16(21)13-20-23(27)29-22(26-20)15-9-11-18(25)12-10-15/h1-13H,14H2/b20-13-. The second-order valence-electron chi connectivity index (χ2n) is 6.26. The van der Waals surface area contributed by atoms with E-state index in [1.165, 1.54) is 24.3 Å². The predicted molar refractivity (Wildman–Crippen MR) is 109 cm³/mol. The molecule has 3 aromatic carbocycles. The van der Waals surface area contributed by atoms with E-state index in [1.54, 1.807) is 18.2 Å². The summed E-state index contributed by atoms with van der Waals surface area (Å²) in [5.41, 5.74) is 2.19. The van der Waals surface area contributed by atoms with Crippen molar-refractivity contribution in [1.82, 2.24) is 0 Å². The summed E-state index contributed by atoms with van der Waals surface area (Å²) in [4.78, 5) is 16.5. The molecule has 4 nitrogen and oxygen atoms in total. The van der Waals surface area contributed by atoms with Crippen molar-refractivity contribution in [2.24, 2.45) is 4.99 Å². The third-order valence-electron chi connectivity index (χ3n) is 4.26. The summed E-state index contributed by atoms with van der Waals surface area (Å²) < 4.78 is 24.2. The highest BCUT2D eigenvalue weighted by Crippen LogP contribution is 2.26. The Labute approximate surface area is 171 Å². The molecule has 0 atom stereocenters. The highest BCUT2D eigenvalue weighted by molar-refractivity contribution is 6.31. The third-order valence-corrected chi connectivity index (χ3v) is 4.63. The first-order valence-corrected chi connectivity index (χ1v) is 9.22. The van der Waals surface area contributed by atoms with Gasteiger partial charge in [-0.05, 0) is 42.5 Å². The minimum atomic E-state index is -0.578. The average molecular weight is 408 g/mol. The van der Waals surface area contributed by atoms with Gasteiger partial charge in [0.05, 0.1) is 0 Å². The van der Waals surface area contributed by atoms with Gasteiger partial charge in [0, 0.05) is 21.7 Å². The lowest BCUT2D eigenvalue weighted by Gasteiger charge is -2.10. The number of hydrogen-bond donors (Lipinski definition) is 0. The predicted octanol–water partition coefficient (Wildman–Crippen LogP) is 5.40. The van der Waals surface area contributed by atoms with Crippen molar-refractivity contribution < 1.29 is 18.7 Å². The molecule has 0 N–H and O–H groups in total. The molecular formula is C23H15ClFNO3. The number of carbonyl (C=O) groups excluding carboxylic acids is 1. The molecule has 1 aliphatic heterocycles. The topological polar surface area (TPSA) is 47.9 Å². The molecule has 4 rings (SSSR count). The molecule has 0 saturated carbocycles. The molecule has 3 aromatic rings. The van der Waals surface area contributed by atoms with Gasteiger partial charge in [0.1, 0.15) is 18.2 Å². The molecular weight excluding hydrogens is 393 g/mol. The molecule has 1 aliphatic rings. The van der Waals surface area contributed by atoms with E-state index < -0.39 is 5.97 Å². The number of cyclic esters (lactones) is 1. The van der Waals surface area contributed by atoms with E-state index in [9.17, 15) is 9.18 Å². The number of halogens is 2. The lowest BCUT2D eigenvalue weighted by atomic mass is 10.1. The Morgan fingerprint density at radius 1 is 1.00 bits per heavy atom. The van der Waals surface area contributed by atoms with Crippen LogP contribution in [-0.4, -0.2) is 11.9 Å². The van der Waals surface area contributed by atoms with Crippen LogP contribution < -0.4 is 4.74 Å². The van der Waals surface area contributed by atoms with E-state index in [-0.39, 0.29) is 24.0 Å². The van der Waals surface area contributed by atoms with Crippen molar-refractivity contribution in [3.05, 3.63) is 106 Å². The molecule has 0 spiro atoms. The number of rotatable bonds is 5. The Morgan fingerprint density at radius 3 is 2.52 bits per heavy atom. The quantitative estimate of drug-likeness (QED) is 0.420. The molecule has 6 heteroatoms. The second-order valence-corrected chi connectivity index (χ2v) is 6.67. The van der Waals surface area contributed by atoms with Crippen molar-refractivity contribution in [3.8, 4) is 5.75 Å². The summed E-state index contributed by atoms with van der Waals surface area (Å²) in [6, 6.07) is 20.3. The van der Waals surface area contributed by atoms with Gasteiger partial charge in [-0.3, -0.25) is 0 Å². The van der Waals surface area contributed by atoms with Crippen LogP contribution in [0.25, 0.3) is 6.08 Å². The number of ether oxygens (including phenoxy) is 2. The van der Waals surface area contributed by atoms with Crippen LogP contribution in [0.4, 0.5) is 4.39 Å². The Balaban J connectivity index is 1.58. The fraction of sp³-hybridized carbons (Fsp3) is 0.0435. The lowest BCUT2D eigenvalue weighted by Crippen LogP contribution is -2.05. The van der Waals surface area contributed by atoms with Crippen LogP contribution in [0.1, 0.15) is 16.7 Å². The maximum absolute atomic E-state index is 13.1. The summed E-state index contributed by atoms with van der Waals surface area (Å²) in [6.07, 6.45) is 1.60. The number of nitrogens with zero attached hydrogens (tertiary/aromatic N) is 1. The van der Waals surface area contributed by atoms with Crippen LogP contribution in [0, 0.1) is 5.82 Å². The van der Waals surface area contributed by atoms with Crippen molar-refractivity contribution in [2.45, 2.75) is 6.61 Å². The van der Waals surface area contributed by atoms with Gasteiger partial charge in [-0.25, -0.2) is 14.2 Å². The first-order valence-electron chi connectivity index (χ1n) is 8.84. The highest BCUT2D eigenvalue weighted by atomic mass is 35.5. The molecule has 0 radical (unpaired) electrons. The Morgan fingerprint density at radius 2 is 1.72 bits per heavy atom. The summed E-state index contributed by atoms with van der Waals surface area (Å²) in [5, 5.41) is 0.622. The average Bonchev–Trinajstić information content (AvgIpc) is 3.09. The minimum absolute atomic E-state index is 0.135. The summed E-state index contributed by atoms with van der Waals surface area (Å²) in [6.45, 7) is 0.286. The molecule has 0 unspecified atom stereocenters.